The Morgan fingerprint density at radius 3 is 2.62 bits per heavy atom. The molecule has 1 amide bonds. The first-order valence-electron chi connectivity index (χ1n) is 9.80. The maximum atomic E-state index is 12.9. The zero-order valence-electron chi connectivity index (χ0n) is 15.4. The second-order valence-electron chi connectivity index (χ2n) is 7.53. The van der Waals surface area contributed by atoms with Gasteiger partial charge < -0.3 is 15.0 Å². The number of hydrogen-bond donors (Lipinski definition) is 1. The minimum Gasteiger partial charge on any atom is -0.490 e. The lowest BCUT2D eigenvalue weighted by Gasteiger charge is -2.32. The van der Waals surface area contributed by atoms with Crippen molar-refractivity contribution in [1.29, 1.82) is 0 Å². The summed E-state index contributed by atoms with van der Waals surface area (Å²) in [5, 5.41) is 3.40. The first-order chi connectivity index (χ1) is 12.3. The molecule has 1 aliphatic carbocycles. The average molecular weight is 380 g/mol. The number of hydrogen-bond acceptors (Lipinski definition) is 4. The molecular weight excluding hydrogens is 350 g/mol. The fraction of sp³-hybridized carbons (Fsp3) is 0.650. The van der Waals surface area contributed by atoms with Crippen LogP contribution in [0.1, 0.15) is 42.5 Å². The van der Waals surface area contributed by atoms with E-state index in [9.17, 15) is 4.79 Å². The van der Waals surface area contributed by atoms with Crippen LogP contribution in [0.15, 0.2) is 24.3 Å². The summed E-state index contributed by atoms with van der Waals surface area (Å²) in [5.74, 6) is 0.991. The van der Waals surface area contributed by atoms with Crippen LogP contribution in [0, 0.1) is 0 Å². The van der Waals surface area contributed by atoms with E-state index in [1.54, 1.807) is 0 Å². The first kappa shape index (κ1) is 19.5. The SMILES string of the molecule is Cl.O=C(c1cccc(OC2CCCC2)c1)N1CCC(N2CCNCC2)C1. The van der Waals surface area contributed by atoms with Gasteiger partial charge in [0.15, 0.2) is 0 Å². The molecule has 2 aliphatic heterocycles. The predicted octanol–water partition coefficient (Wildman–Crippen LogP) is 2.55. The smallest absolute Gasteiger partial charge is 0.254 e. The molecule has 1 aromatic carbocycles. The van der Waals surface area contributed by atoms with Crippen molar-refractivity contribution >= 4 is 18.3 Å². The molecule has 5 nitrogen and oxygen atoms in total. The van der Waals surface area contributed by atoms with E-state index in [-0.39, 0.29) is 18.3 Å². The van der Waals surface area contributed by atoms with Crippen molar-refractivity contribution in [3.05, 3.63) is 29.8 Å². The van der Waals surface area contributed by atoms with E-state index in [4.69, 9.17) is 4.74 Å². The highest BCUT2D eigenvalue weighted by Crippen LogP contribution is 2.25. The standard InChI is InChI=1S/C20H29N3O2.ClH/c24-20(23-11-8-17(15-23)22-12-9-21-10-13-22)16-4-3-7-19(14-16)25-18-5-1-2-6-18;/h3-4,7,14,17-18,21H,1-2,5-6,8-13,15H2;1H. The lowest BCUT2D eigenvalue weighted by molar-refractivity contribution is 0.0772. The van der Waals surface area contributed by atoms with Crippen LogP contribution >= 0.6 is 12.4 Å². The van der Waals surface area contributed by atoms with Crippen molar-refractivity contribution in [3.8, 4) is 5.75 Å². The molecular formula is C20H30ClN3O2. The Morgan fingerprint density at radius 2 is 1.85 bits per heavy atom. The third-order valence-corrected chi connectivity index (χ3v) is 5.80. The third kappa shape index (κ3) is 4.51. The lowest BCUT2D eigenvalue weighted by Crippen LogP contribution is -2.49. The number of amides is 1. The number of benzene rings is 1. The number of carbonyl (C=O) groups excluding carboxylic acids is 1. The van der Waals surface area contributed by atoms with Crippen LogP contribution in [0.4, 0.5) is 0 Å². The second kappa shape index (κ2) is 9.07. The van der Waals surface area contributed by atoms with Crippen LogP contribution in [0.3, 0.4) is 0 Å². The molecule has 2 saturated heterocycles. The van der Waals surface area contributed by atoms with Crippen LogP contribution in [0.25, 0.3) is 0 Å². The molecule has 6 heteroatoms. The number of carbonyl (C=O) groups is 1. The van der Waals surface area contributed by atoms with Gasteiger partial charge in [-0.15, -0.1) is 12.4 Å². The number of ether oxygens (including phenoxy) is 1. The summed E-state index contributed by atoms with van der Waals surface area (Å²) in [7, 11) is 0. The molecule has 3 aliphatic rings. The van der Waals surface area contributed by atoms with Crippen LogP contribution in [0.5, 0.6) is 5.75 Å². The quantitative estimate of drug-likeness (QED) is 0.873. The number of nitrogens with zero attached hydrogens (tertiary/aromatic N) is 2. The predicted molar refractivity (Wildman–Crippen MR) is 105 cm³/mol. The summed E-state index contributed by atoms with van der Waals surface area (Å²) >= 11 is 0. The monoisotopic (exact) mass is 379 g/mol. The molecule has 3 fully saturated rings. The maximum Gasteiger partial charge on any atom is 0.254 e. The van der Waals surface area contributed by atoms with E-state index in [2.05, 4.69) is 10.2 Å². The summed E-state index contributed by atoms with van der Waals surface area (Å²) in [4.78, 5) is 17.5. The van der Waals surface area contributed by atoms with E-state index in [1.165, 1.54) is 12.8 Å². The Bertz CT molecular complexity index is 600. The van der Waals surface area contributed by atoms with Gasteiger partial charge >= 0.3 is 0 Å². The Balaban J connectivity index is 0.00000196. The molecule has 2 heterocycles. The summed E-state index contributed by atoms with van der Waals surface area (Å²) in [5.41, 5.74) is 0.761. The molecule has 1 saturated carbocycles. The van der Waals surface area contributed by atoms with E-state index >= 15 is 0 Å². The molecule has 26 heavy (non-hydrogen) atoms. The normalized spacial score (nSPS) is 24.5. The van der Waals surface area contributed by atoms with E-state index in [0.29, 0.717) is 12.1 Å². The van der Waals surface area contributed by atoms with Crippen molar-refractivity contribution in [2.45, 2.75) is 44.2 Å². The third-order valence-electron chi connectivity index (χ3n) is 5.80. The Hall–Kier alpha value is -1.30. The topological polar surface area (TPSA) is 44.8 Å². The Kier molecular flexibility index (Phi) is 6.79. The van der Waals surface area contributed by atoms with Gasteiger partial charge in [0, 0.05) is 50.9 Å². The highest BCUT2D eigenvalue weighted by atomic mass is 35.5. The van der Waals surface area contributed by atoms with E-state index in [1.807, 2.05) is 29.2 Å². The van der Waals surface area contributed by atoms with Gasteiger partial charge in [0.05, 0.1) is 6.10 Å². The van der Waals surface area contributed by atoms with Crippen LogP contribution in [0.2, 0.25) is 0 Å². The van der Waals surface area contributed by atoms with Gasteiger partial charge in [0.1, 0.15) is 5.75 Å². The van der Waals surface area contributed by atoms with E-state index in [0.717, 1.165) is 69.8 Å². The van der Waals surface area contributed by atoms with Crippen LogP contribution in [-0.2, 0) is 0 Å². The summed E-state index contributed by atoms with van der Waals surface area (Å²) in [6, 6.07) is 8.29. The number of piperazine rings is 1. The van der Waals surface area contributed by atoms with Gasteiger partial charge in [-0.1, -0.05) is 6.07 Å². The Labute approximate surface area is 162 Å². The molecule has 1 aromatic rings. The van der Waals surface area contributed by atoms with Crippen molar-refractivity contribution in [3.63, 3.8) is 0 Å². The van der Waals surface area contributed by atoms with Crippen molar-refractivity contribution in [2.24, 2.45) is 0 Å². The summed E-state index contributed by atoms with van der Waals surface area (Å²) in [6.45, 7) is 6.03. The largest absolute Gasteiger partial charge is 0.490 e. The summed E-state index contributed by atoms with van der Waals surface area (Å²) in [6.07, 6.45) is 6.20. The molecule has 0 radical (unpaired) electrons. The fourth-order valence-electron chi connectivity index (χ4n) is 4.36. The highest BCUT2D eigenvalue weighted by molar-refractivity contribution is 5.94. The molecule has 0 bridgehead atoms. The number of rotatable bonds is 4. The molecule has 144 valence electrons. The second-order valence-corrected chi connectivity index (χ2v) is 7.53. The van der Waals surface area contributed by atoms with Gasteiger partial charge in [-0.2, -0.15) is 0 Å². The van der Waals surface area contributed by atoms with Crippen LogP contribution < -0.4 is 10.1 Å². The van der Waals surface area contributed by atoms with Crippen molar-refractivity contribution in [2.75, 3.05) is 39.3 Å². The van der Waals surface area contributed by atoms with Crippen LogP contribution in [-0.4, -0.2) is 67.1 Å². The molecule has 1 N–H and O–H groups in total. The number of nitrogens with one attached hydrogen (secondary N) is 1. The molecule has 1 unspecified atom stereocenters. The van der Waals surface area contributed by atoms with Gasteiger partial charge in [-0.05, 0) is 50.3 Å². The molecule has 0 aromatic heterocycles. The minimum atomic E-state index is 0. The zero-order chi connectivity index (χ0) is 17.1. The highest BCUT2D eigenvalue weighted by Gasteiger charge is 2.31. The van der Waals surface area contributed by atoms with Gasteiger partial charge in [-0.3, -0.25) is 9.69 Å². The number of halogens is 1. The lowest BCUT2D eigenvalue weighted by atomic mass is 10.2. The van der Waals surface area contributed by atoms with E-state index < -0.39 is 0 Å². The molecule has 1 atom stereocenters. The van der Waals surface area contributed by atoms with Gasteiger partial charge in [0.25, 0.3) is 5.91 Å². The minimum absolute atomic E-state index is 0. The molecule has 0 spiro atoms. The summed E-state index contributed by atoms with van der Waals surface area (Å²) < 4.78 is 6.06. The zero-order valence-corrected chi connectivity index (χ0v) is 16.2. The number of likely N-dealkylation sites (tertiary alicyclic amines) is 1. The Morgan fingerprint density at radius 1 is 1.08 bits per heavy atom. The van der Waals surface area contributed by atoms with Gasteiger partial charge in [0.2, 0.25) is 0 Å². The maximum absolute atomic E-state index is 12.9. The van der Waals surface area contributed by atoms with Gasteiger partial charge in [-0.25, -0.2) is 0 Å². The van der Waals surface area contributed by atoms with Crippen molar-refractivity contribution < 1.29 is 9.53 Å². The average Bonchev–Trinajstić information content (AvgIpc) is 3.34. The molecule has 4 rings (SSSR count). The fourth-order valence-corrected chi connectivity index (χ4v) is 4.36. The first-order valence-corrected chi connectivity index (χ1v) is 9.80. The van der Waals surface area contributed by atoms with Crippen molar-refractivity contribution in [1.82, 2.24) is 15.1 Å².